The Labute approximate surface area is 150 Å². The van der Waals surface area contributed by atoms with E-state index < -0.39 is 16.0 Å². The van der Waals surface area contributed by atoms with Crippen molar-refractivity contribution in [3.05, 3.63) is 56.6 Å². The molecule has 0 aromatic heterocycles. The van der Waals surface area contributed by atoms with Crippen LogP contribution in [0.5, 0.6) is 0 Å². The molecule has 0 bridgehead atoms. The molecule has 0 amide bonds. The van der Waals surface area contributed by atoms with Crippen molar-refractivity contribution in [1.29, 1.82) is 0 Å². The summed E-state index contributed by atoms with van der Waals surface area (Å²) in [6, 6.07) is 5.78. The number of hydrogen-bond acceptors (Lipinski definition) is 3. The molecule has 0 saturated heterocycles. The molecule has 0 aliphatic rings. The summed E-state index contributed by atoms with van der Waals surface area (Å²) in [6.45, 7) is 4.88. The van der Waals surface area contributed by atoms with Crippen LogP contribution in [-0.4, -0.2) is 19.5 Å². The van der Waals surface area contributed by atoms with E-state index in [2.05, 4.69) is 4.72 Å². The van der Waals surface area contributed by atoms with E-state index in [4.69, 9.17) is 28.3 Å². The van der Waals surface area contributed by atoms with Crippen LogP contribution < -0.4 is 4.72 Å². The number of carboxylic acid groups (broad SMARTS) is 1. The van der Waals surface area contributed by atoms with Crippen LogP contribution in [0.2, 0.25) is 10.0 Å². The van der Waals surface area contributed by atoms with Gasteiger partial charge in [-0.15, -0.1) is 0 Å². The van der Waals surface area contributed by atoms with Crippen molar-refractivity contribution in [2.24, 2.45) is 0 Å². The van der Waals surface area contributed by atoms with Crippen LogP contribution in [0.15, 0.2) is 29.2 Å². The Bertz CT molecular complexity index is 913. The fraction of sp³-hybridized carbons (Fsp3) is 0.188. The summed E-state index contributed by atoms with van der Waals surface area (Å²) >= 11 is 12.2. The van der Waals surface area contributed by atoms with Crippen LogP contribution >= 0.6 is 23.2 Å². The van der Waals surface area contributed by atoms with Gasteiger partial charge >= 0.3 is 5.97 Å². The van der Waals surface area contributed by atoms with Crippen LogP contribution in [-0.2, 0) is 10.0 Å². The zero-order valence-corrected chi connectivity index (χ0v) is 15.5. The van der Waals surface area contributed by atoms with Crippen LogP contribution in [0.3, 0.4) is 0 Å². The van der Waals surface area contributed by atoms with Gasteiger partial charge in [0.25, 0.3) is 10.0 Å². The Morgan fingerprint density at radius 3 is 2.29 bits per heavy atom. The Kier molecular flexibility index (Phi) is 5.13. The standard InChI is InChI=1S/C16H15Cl2NO4S/c1-8-4-5-11(16(20)21)7-13(8)19-24(22,23)15-10(3)12(17)6-9(2)14(15)18/h4-7,19H,1-3H3,(H,20,21). The van der Waals surface area contributed by atoms with Gasteiger partial charge in [-0.3, -0.25) is 4.72 Å². The van der Waals surface area contributed by atoms with E-state index >= 15 is 0 Å². The topological polar surface area (TPSA) is 83.5 Å². The maximum Gasteiger partial charge on any atom is 0.335 e. The van der Waals surface area contributed by atoms with Crippen molar-refractivity contribution in [2.75, 3.05) is 4.72 Å². The Balaban J connectivity index is 2.59. The molecule has 2 N–H and O–H groups in total. The van der Waals surface area contributed by atoms with E-state index in [0.717, 1.165) is 0 Å². The summed E-state index contributed by atoms with van der Waals surface area (Å²) in [5.74, 6) is -1.15. The summed E-state index contributed by atoms with van der Waals surface area (Å²) in [7, 11) is -4.04. The first-order chi connectivity index (χ1) is 11.0. The molecule has 0 aliphatic carbocycles. The largest absolute Gasteiger partial charge is 0.478 e. The fourth-order valence-electron chi connectivity index (χ4n) is 2.19. The number of sulfonamides is 1. The van der Waals surface area contributed by atoms with Crippen LogP contribution in [0, 0.1) is 20.8 Å². The van der Waals surface area contributed by atoms with E-state index in [9.17, 15) is 13.2 Å². The summed E-state index contributed by atoms with van der Waals surface area (Å²) in [5, 5.41) is 9.43. The zero-order valence-electron chi connectivity index (χ0n) is 13.1. The molecule has 0 spiro atoms. The third kappa shape index (κ3) is 3.50. The smallest absolute Gasteiger partial charge is 0.335 e. The van der Waals surface area contributed by atoms with Crippen molar-refractivity contribution in [2.45, 2.75) is 25.7 Å². The van der Waals surface area contributed by atoms with Gasteiger partial charge in [-0.05, 0) is 55.7 Å². The molecular weight excluding hydrogens is 373 g/mol. The lowest BCUT2D eigenvalue weighted by atomic mass is 10.1. The van der Waals surface area contributed by atoms with E-state index in [-0.39, 0.29) is 26.2 Å². The number of nitrogens with one attached hydrogen (secondary N) is 1. The van der Waals surface area contributed by atoms with Gasteiger partial charge in [0.05, 0.1) is 16.3 Å². The molecule has 0 radical (unpaired) electrons. The predicted molar refractivity (Wildman–Crippen MR) is 94.9 cm³/mol. The first-order valence-corrected chi connectivity index (χ1v) is 9.10. The first kappa shape index (κ1) is 18.6. The molecule has 2 rings (SSSR count). The second kappa shape index (κ2) is 6.63. The second-order valence-electron chi connectivity index (χ2n) is 5.38. The third-order valence-corrected chi connectivity index (χ3v) is 6.11. The molecule has 128 valence electrons. The van der Waals surface area contributed by atoms with Crippen LogP contribution in [0.25, 0.3) is 0 Å². The minimum Gasteiger partial charge on any atom is -0.478 e. The van der Waals surface area contributed by atoms with Crippen LogP contribution in [0.1, 0.15) is 27.0 Å². The lowest BCUT2D eigenvalue weighted by Gasteiger charge is -2.16. The second-order valence-corrected chi connectivity index (χ2v) is 7.79. The highest BCUT2D eigenvalue weighted by Crippen LogP contribution is 2.34. The van der Waals surface area contributed by atoms with Crippen molar-refractivity contribution < 1.29 is 18.3 Å². The van der Waals surface area contributed by atoms with Gasteiger partial charge in [-0.1, -0.05) is 29.3 Å². The summed E-state index contributed by atoms with van der Waals surface area (Å²) in [4.78, 5) is 11.0. The quantitative estimate of drug-likeness (QED) is 0.812. The van der Waals surface area contributed by atoms with Crippen LogP contribution in [0.4, 0.5) is 5.69 Å². The average molecular weight is 388 g/mol. The van der Waals surface area contributed by atoms with E-state index in [1.807, 2.05) is 0 Å². The highest BCUT2D eigenvalue weighted by molar-refractivity contribution is 7.93. The predicted octanol–water partition coefficient (Wildman–Crippen LogP) is 4.42. The number of rotatable bonds is 4. The van der Waals surface area contributed by atoms with Crippen molar-refractivity contribution in [1.82, 2.24) is 0 Å². The number of benzene rings is 2. The molecule has 5 nitrogen and oxygen atoms in total. The minimum atomic E-state index is -4.04. The van der Waals surface area contributed by atoms with Crippen molar-refractivity contribution in [3.63, 3.8) is 0 Å². The molecule has 0 saturated carbocycles. The highest BCUT2D eigenvalue weighted by atomic mass is 35.5. The SMILES string of the molecule is Cc1ccc(C(=O)O)cc1NS(=O)(=O)c1c(C)c(Cl)cc(C)c1Cl. The molecule has 0 aliphatic heterocycles. The fourth-order valence-corrected chi connectivity index (χ4v) is 4.53. The molecule has 0 fully saturated rings. The maximum absolute atomic E-state index is 12.8. The number of aromatic carboxylic acids is 1. The molecule has 0 heterocycles. The summed E-state index contributed by atoms with van der Waals surface area (Å²) in [6.07, 6.45) is 0. The summed E-state index contributed by atoms with van der Waals surface area (Å²) in [5.41, 5.74) is 1.58. The Morgan fingerprint density at radius 1 is 1.08 bits per heavy atom. The Morgan fingerprint density at radius 2 is 1.71 bits per heavy atom. The summed E-state index contributed by atoms with van der Waals surface area (Å²) < 4.78 is 28.0. The maximum atomic E-state index is 12.8. The number of halogens is 2. The van der Waals surface area contributed by atoms with E-state index in [1.54, 1.807) is 26.8 Å². The van der Waals surface area contributed by atoms with Gasteiger partial charge < -0.3 is 5.11 Å². The normalized spacial score (nSPS) is 11.4. The molecule has 8 heteroatoms. The average Bonchev–Trinajstić information content (AvgIpc) is 2.47. The van der Waals surface area contributed by atoms with E-state index in [0.29, 0.717) is 16.7 Å². The van der Waals surface area contributed by atoms with Gasteiger partial charge in [-0.25, -0.2) is 13.2 Å². The first-order valence-electron chi connectivity index (χ1n) is 6.86. The lowest BCUT2D eigenvalue weighted by Crippen LogP contribution is -2.16. The van der Waals surface area contributed by atoms with E-state index in [1.165, 1.54) is 18.2 Å². The third-order valence-electron chi connectivity index (χ3n) is 3.59. The van der Waals surface area contributed by atoms with Gasteiger partial charge in [0.15, 0.2) is 0 Å². The number of hydrogen-bond donors (Lipinski definition) is 2. The molecule has 0 unspecified atom stereocenters. The molecule has 24 heavy (non-hydrogen) atoms. The number of aryl methyl sites for hydroxylation is 2. The number of carbonyl (C=O) groups is 1. The number of carboxylic acids is 1. The van der Waals surface area contributed by atoms with Crippen molar-refractivity contribution in [3.8, 4) is 0 Å². The molecule has 0 atom stereocenters. The zero-order chi connectivity index (χ0) is 18.2. The van der Waals surface area contributed by atoms with Crippen molar-refractivity contribution >= 4 is 44.9 Å². The molecule has 2 aromatic rings. The van der Waals surface area contributed by atoms with Gasteiger partial charge in [-0.2, -0.15) is 0 Å². The highest BCUT2D eigenvalue weighted by Gasteiger charge is 2.24. The van der Waals surface area contributed by atoms with Gasteiger partial charge in [0.1, 0.15) is 4.90 Å². The molecular formula is C16H15Cl2NO4S. The van der Waals surface area contributed by atoms with Gasteiger partial charge in [0, 0.05) is 5.02 Å². The van der Waals surface area contributed by atoms with Gasteiger partial charge in [0.2, 0.25) is 0 Å². The Hall–Kier alpha value is -1.76. The number of anilines is 1. The lowest BCUT2D eigenvalue weighted by molar-refractivity contribution is 0.0697. The minimum absolute atomic E-state index is 0.0246. The molecule has 2 aromatic carbocycles. The monoisotopic (exact) mass is 387 g/mol.